The number of rotatable bonds is 8. The Kier molecular flexibility index (Phi) is 6.84. The van der Waals surface area contributed by atoms with Gasteiger partial charge in [0.15, 0.2) is 0 Å². The van der Waals surface area contributed by atoms with Crippen molar-refractivity contribution < 1.29 is 19.4 Å². The maximum absolute atomic E-state index is 12.9. The van der Waals surface area contributed by atoms with Gasteiger partial charge in [0, 0.05) is 31.0 Å². The van der Waals surface area contributed by atoms with Crippen LogP contribution >= 0.6 is 0 Å². The topological polar surface area (TPSA) is 83.0 Å². The van der Waals surface area contributed by atoms with E-state index in [0.29, 0.717) is 36.6 Å². The van der Waals surface area contributed by atoms with Crippen molar-refractivity contribution in [2.45, 2.75) is 19.4 Å². The number of carbonyl (C=O) groups excluding carboxylic acids is 2. The SMILES string of the molecule is CCCOc1cccc(C(O)=C2C(=O)C(=O)N(CCN(C)C)[C@H]2c2cccnc2)c1. The van der Waals surface area contributed by atoms with Crippen LogP contribution in [0.25, 0.3) is 5.76 Å². The van der Waals surface area contributed by atoms with Gasteiger partial charge >= 0.3 is 0 Å². The van der Waals surface area contributed by atoms with Crippen LogP contribution in [0.5, 0.6) is 5.75 Å². The molecule has 1 saturated heterocycles. The Morgan fingerprint density at radius 2 is 2.03 bits per heavy atom. The number of aliphatic hydroxyl groups excluding tert-OH is 1. The molecule has 1 aliphatic rings. The first-order chi connectivity index (χ1) is 14.4. The number of Topliss-reactive ketones (excluding diaryl/α,β-unsaturated/α-hetero) is 1. The zero-order valence-corrected chi connectivity index (χ0v) is 17.5. The maximum Gasteiger partial charge on any atom is 0.295 e. The molecule has 3 rings (SSSR count). The predicted octanol–water partition coefficient (Wildman–Crippen LogP) is 2.85. The van der Waals surface area contributed by atoms with Crippen molar-refractivity contribution >= 4 is 17.4 Å². The van der Waals surface area contributed by atoms with Gasteiger partial charge in [-0.05, 0) is 44.3 Å². The Morgan fingerprint density at radius 3 is 2.70 bits per heavy atom. The van der Waals surface area contributed by atoms with E-state index in [1.54, 1.807) is 48.8 Å². The monoisotopic (exact) mass is 409 g/mol. The fourth-order valence-electron chi connectivity index (χ4n) is 3.41. The fourth-order valence-corrected chi connectivity index (χ4v) is 3.41. The molecule has 7 heteroatoms. The molecule has 0 unspecified atom stereocenters. The van der Waals surface area contributed by atoms with Gasteiger partial charge in [-0.25, -0.2) is 0 Å². The second-order valence-corrected chi connectivity index (χ2v) is 7.46. The van der Waals surface area contributed by atoms with E-state index in [9.17, 15) is 14.7 Å². The zero-order chi connectivity index (χ0) is 21.7. The molecule has 0 bridgehead atoms. The van der Waals surface area contributed by atoms with Gasteiger partial charge in [0.05, 0.1) is 18.2 Å². The number of aromatic nitrogens is 1. The van der Waals surface area contributed by atoms with Gasteiger partial charge in [-0.15, -0.1) is 0 Å². The molecule has 1 atom stereocenters. The zero-order valence-electron chi connectivity index (χ0n) is 17.5. The molecule has 2 aromatic rings. The lowest BCUT2D eigenvalue weighted by Crippen LogP contribution is -2.35. The number of hydrogen-bond acceptors (Lipinski definition) is 6. The number of pyridine rings is 1. The number of aliphatic hydroxyl groups is 1. The Balaban J connectivity index is 2.07. The van der Waals surface area contributed by atoms with E-state index in [1.807, 2.05) is 25.9 Å². The van der Waals surface area contributed by atoms with Gasteiger partial charge in [-0.1, -0.05) is 25.1 Å². The average Bonchev–Trinajstić information content (AvgIpc) is 3.01. The number of likely N-dealkylation sites (tertiary alicyclic amines) is 1. The number of carbonyl (C=O) groups is 2. The van der Waals surface area contributed by atoms with Gasteiger partial charge in [0.1, 0.15) is 11.5 Å². The summed E-state index contributed by atoms with van der Waals surface area (Å²) >= 11 is 0. The third-order valence-corrected chi connectivity index (χ3v) is 4.91. The highest BCUT2D eigenvalue weighted by atomic mass is 16.5. The minimum absolute atomic E-state index is 0.0689. The lowest BCUT2D eigenvalue weighted by Gasteiger charge is -2.26. The van der Waals surface area contributed by atoms with Crippen LogP contribution < -0.4 is 4.74 Å². The van der Waals surface area contributed by atoms with Gasteiger partial charge in [0.25, 0.3) is 11.7 Å². The number of hydrogen-bond donors (Lipinski definition) is 1. The highest BCUT2D eigenvalue weighted by Gasteiger charge is 2.46. The van der Waals surface area contributed by atoms with E-state index in [0.717, 1.165) is 6.42 Å². The molecular weight excluding hydrogens is 382 g/mol. The first-order valence-corrected chi connectivity index (χ1v) is 10.00. The van der Waals surface area contributed by atoms with Gasteiger partial charge in [-0.2, -0.15) is 0 Å². The van der Waals surface area contributed by atoms with E-state index in [-0.39, 0.29) is 11.3 Å². The van der Waals surface area contributed by atoms with E-state index >= 15 is 0 Å². The summed E-state index contributed by atoms with van der Waals surface area (Å²) < 4.78 is 5.64. The summed E-state index contributed by atoms with van der Waals surface area (Å²) in [7, 11) is 3.80. The normalized spacial score (nSPS) is 18.3. The predicted molar refractivity (Wildman–Crippen MR) is 114 cm³/mol. The first kappa shape index (κ1) is 21.5. The Hall–Kier alpha value is -3.19. The van der Waals surface area contributed by atoms with Crippen molar-refractivity contribution in [3.8, 4) is 5.75 Å². The molecule has 0 saturated carbocycles. The number of likely N-dealkylation sites (N-methyl/N-ethyl adjacent to an activating group) is 1. The van der Waals surface area contributed by atoms with Crippen LogP contribution in [0.2, 0.25) is 0 Å². The van der Waals surface area contributed by atoms with Crippen LogP contribution in [-0.4, -0.2) is 65.4 Å². The second-order valence-electron chi connectivity index (χ2n) is 7.46. The van der Waals surface area contributed by atoms with E-state index < -0.39 is 17.7 Å². The summed E-state index contributed by atoms with van der Waals surface area (Å²) in [6.45, 7) is 3.50. The summed E-state index contributed by atoms with van der Waals surface area (Å²) in [4.78, 5) is 33.3. The fraction of sp³-hybridized carbons (Fsp3) is 0.348. The van der Waals surface area contributed by atoms with Gasteiger partial charge < -0.3 is 19.6 Å². The van der Waals surface area contributed by atoms with Crippen molar-refractivity contribution in [3.05, 3.63) is 65.5 Å². The molecule has 1 N–H and O–H groups in total. The summed E-state index contributed by atoms with van der Waals surface area (Å²) in [5.41, 5.74) is 1.18. The van der Waals surface area contributed by atoms with Crippen molar-refractivity contribution in [2.75, 3.05) is 33.8 Å². The standard InChI is InChI=1S/C23H27N3O4/c1-4-13-30-18-9-5-7-16(14-18)21(27)19-20(17-8-6-10-24-15-17)26(12-11-25(2)3)23(29)22(19)28/h5-10,14-15,20,27H,4,11-13H2,1-3H3/t20-/m0/s1. The number of amides is 1. The molecule has 1 aromatic heterocycles. The minimum atomic E-state index is -0.695. The van der Waals surface area contributed by atoms with Crippen molar-refractivity contribution in [2.24, 2.45) is 0 Å². The molecule has 2 heterocycles. The van der Waals surface area contributed by atoms with E-state index in [2.05, 4.69) is 4.98 Å². The second kappa shape index (κ2) is 9.54. The summed E-state index contributed by atoms with van der Waals surface area (Å²) in [5.74, 6) is -0.928. The Bertz CT molecular complexity index is 940. The van der Waals surface area contributed by atoms with Crippen LogP contribution in [0, 0.1) is 0 Å². The number of benzene rings is 1. The largest absolute Gasteiger partial charge is 0.507 e. The number of ether oxygens (including phenoxy) is 1. The summed E-state index contributed by atoms with van der Waals surface area (Å²) in [5, 5.41) is 11.1. The average molecular weight is 409 g/mol. The Morgan fingerprint density at radius 1 is 1.23 bits per heavy atom. The molecule has 1 amide bonds. The van der Waals surface area contributed by atoms with E-state index in [1.165, 1.54) is 4.90 Å². The van der Waals surface area contributed by atoms with Gasteiger partial charge in [0.2, 0.25) is 0 Å². The van der Waals surface area contributed by atoms with Gasteiger partial charge in [-0.3, -0.25) is 14.6 Å². The van der Waals surface area contributed by atoms with Crippen LogP contribution in [0.3, 0.4) is 0 Å². The molecule has 7 nitrogen and oxygen atoms in total. The highest BCUT2D eigenvalue weighted by molar-refractivity contribution is 6.46. The van der Waals surface area contributed by atoms with Crippen molar-refractivity contribution in [3.63, 3.8) is 0 Å². The Labute approximate surface area is 176 Å². The van der Waals surface area contributed by atoms with Crippen LogP contribution in [0.1, 0.15) is 30.5 Å². The maximum atomic E-state index is 12.9. The third-order valence-electron chi connectivity index (χ3n) is 4.91. The molecule has 1 fully saturated rings. The third kappa shape index (κ3) is 4.52. The minimum Gasteiger partial charge on any atom is -0.507 e. The van der Waals surface area contributed by atoms with Crippen molar-refractivity contribution in [1.82, 2.24) is 14.8 Å². The smallest absolute Gasteiger partial charge is 0.295 e. The van der Waals surface area contributed by atoms with Crippen LogP contribution in [0.15, 0.2) is 54.4 Å². The number of nitrogens with zero attached hydrogens (tertiary/aromatic N) is 3. The highest BCUT2D eigenvalue weighted by Crippen LogP contribution is 2.39. The molecule has 158 valence electrons. The number of ketones is 1. The molecule has 1 aliphatic heterocycles. The molecule has 0 radical (unpaired) electrons. The molecule has 1 aromatic carbocycles. The lowest BCUT2D eigenvalue weighted by atomic mass is 9.96. The summed E-state index contributed by atoms with van der Waals surface area (Å²) in [6.07, 6.45) is 4.10. The lowest BCUT2D eigenvalue weighted by molar-refractivity contribution is -0.140. The van der Waals surface area contributed by atoms with E-state index in [4.69, 9.17) is 4.74 Å². The molecule has 0 spiro atoms. The van der Waals surface area contributed by atoms with Crippen LogP contribution in [-0.2, 0) is 9.59 Å². The quantitative estimate of drug-likeness (QED) is 0.410. The molecular formula is C23H27N3O4. The molecule has 0 aliphatic carbocycles. The van der Waals surface area contributed by atoms with Crippen molar-refractivity contribution in [1.29, 1.82) is 0 Å². The van der Waals surface area contributed by atoms with Crippen LogP contribution in [0.4, 0.5) is 0 Å². The summed E-state index contributed by atoms with van der Waals surface area (Å²) in [6, 6.07) is 9.78. The first-order valence-electron chi connectivity index (χ1n) is 10.00. The molecule has 30 heavy (non-hydrogen) atoms.